The number of carboxylic acid groups (broad SMARTS) is 1. The van der Waals surface area contributed by atoms with E-state index in [1.165, 1.54) is 18.2 Å². The third-order valence-electron chi connectivity index (χ3n) is 3.14. The van der Waals surface area contributed by atoms with Crippen LogP contribution in [0.1, 0.15) is 15.9 Å². The molecule has 0 spiro atoms. The standard InChI is InChI=1S/C17H15FN2O4/c18-13-6-3-5-12(8-13)17(24)20-14-7-2-1-4-11(14)9-15(21)19-10-16(22)23/h1-8H,9-10H2,(H,19,21)(H,20,24)(H,22,23). The number of nitrogens with one attached hydrogen (secondary N) is 2. The molecule has 2 aromatic carbocycles. The normalized spacial score (nSPS) is 10.0. The molecule has 0 atom stereocenters. The average Bonchev–Trinajstić information content (AvgIpc) is 2.54. The Bertz CT molecular complexity index is 777. The van der Waals surface area contributed by atoms with E-state index in [1.54, 1.807) is 24.3 Å². The van der Waals surface area contributed by atoms with Crippen molar-refractivity contribution in [3.8, 4) is 0 Å². The summed E-state index contributed by atoms with van der Waals surface area (Å²) in [7, 11) is 0. The second kappa shape index (κ2) is 7.87. The summed E-state index contributed by atoms with van der Waals surface area (Å²) in [5.74, 6) is -2.65. The molecule has 2 rings (SSSR count). The predicted octanol–water partition coefficient (Wildman–Crippen LogP) is 1.82. The Morgan fingerprint density at radius 1 is 1.04 bits per heavy atom. The molecule has 2 amide bonds. The minimum Gasteiger partial charge on any atom is -0.480 e. The number of benzene rings is 2. The molecule has 124 valence electrons. The van der Waals surface area contributed by atoms with E-state index < -0.39 is 30.1 Å². The summed E-state index contributed by atoms with van der Waals surface area (Å²) in [4.78, 5) is 34.3. The number of carbonyl (C=O) groups excluding carboxylic acids is 2. The van der Waals surface area contributed by atoms with Gasteiger partial charge >= 0.3 is 5.97 Å². The van der Waals surface area contributed by atoms with Crippen molar-refractivity contribution in [3.63, 3.8) is 0 Å². The van der Waals surface area contributed by atoms with Crippen molar-refractivity contribution in [2.45, 2.75) is 6.42 Å². The molecule has 2 aromatic rings. The Morgan fingerprint density at radius 3 is 2.50 bits per heavy atom. The van der Waals surface area contributed by atoms with Crippen LogP contribution in [0.2, 0.25) is 0 Å². The Balaban J connectivity index is 2.09. The van der Waals surface area contributed by atoms with Crippen molar-refractivity contribution in [3.05, 3.63) is 65.5 Å². The number of para-hydroxylation sites is 1. The van der Waals surface area contributed by atoms with Crippen molar-refractivity contribution in [2.24, 2.45) is 0 Å². The van der Waals surface area contributed by atoms with Crippen LogP contribution >= 0.6 is 0 Å². The van der Waals surface area contributed by atoms with Crippen LogP contribution in [0.3, 0.4) is 0 Å². The summed E-state index contributed by atoms with van der Waals surface area (Å²) in [6.45, 7) is -0.476. The molecule has 0 radical (unpaired) electrons. The Morgan fingerprint density at radius 2 is 1.79 bits per heavy atom. The first-order valence-electron chi connectivity index (χ1n) is 7.09. The highest BCUT2D eigenvalue weighted by Crippen LogP contribution is 2.17. The molecule has 0 aliphatic heterocycles. The molecule has 0 aliphatic carbocycles. The van der Waals surface area contributed by atoms with Gasteiger partial charge in [-0.1, -0.05) is 24.3 Å². The van der Waals surface area contributed by atoms with Gasteiger partial charge in [-0.3, -0.25) is 14.4 Å². The lowest BCUT2D eigenvalue weighted by Gasteiger charge is -2.11. The smallest absolute Gasteiger partial charge is 0.322 e. The molecule has 3 N–H and O–H groups in total. The topological polar surface area (TPSA) is 95.5 Å². The van der Waals surface area contributed by atoms with Crippen molar-refractivity contribution in [1.29, 1.82) is 0 Å². The molecule has 7 heteroatoms. The number of carbonyl (C=O) groups is 3. The van der Waals surface area contributed by atoms with Gasteiger partial charge in [0.15, 0.2) is 0 Å². The minimum atomic E-state index is -1.14. The molecule has 0 fully saturated rings. The zero-order chi connectivity index (χ0) is 17.5. The summed E-state index contributed by atoms with van der Waals surface area (Å²) in [5.41, 5.74) is 1.07. The summed E-state index contributed by atoms with van der Waals surface area (Å²) in [5, 5.41) is 13.4. The minimum absolute atomic E-state index is 0.0904. The van der Waals surface area contributed by atoms with Gasteiger partial charge in [-0.25, -0.2) is 4.39 Å². The molecule has 0 heterocycles. The Kier molecular flexibility index (Phi) is 5.62. The maximum atomic E-state index is 13.2. The fourth-order valence-electron chi connectivity index (χ4n) is 2.03. The van der Waals surface area contributed by atoms with E-state index in [4.69, 9.17) is 5.11 Å². The fourth-order valence-corrected chi connectivity index (χ4v) is 2.03. The number of anilines is 1. The number of hydrogen-bond donors (Lipinski definition) is 3. The van der Waals surface area contributed by atoms with Gasteiger partial charge < -0.3 is 15.7 Å². The molecule has 6 nitrogen and oxygen atoms in total. The third kappa shape index (κ3) is 4.91. The highest BCUT2D eigenvalue weighted by atomic mass is 19.1. The lowest BCUT2D eigenvalue weighted by Crippen LogP contribution is -2.30. The van der Waals surface area contributed by atoms with Gasteiger partial charge in [0.1, 0.15) is 12.4 Å². The number of aliphatic carboxylic acids is 1. The molecule has 0 aliphatic rings. The van der Waals surface area contributed by atoms with E-state index in [0.29, 0.717) is 11.3 Å². The quantitative estimate of drug-likeness (QED) is 0.753. The van der Waals surface area contributed by atoms with Crippen molar-refractivity contribution in [2.75, 3.05) is 11.9 Å². The second-order valence-corrected chi connectivity index (χ2v) is 4.97. The number of carboxylic acids is 1. The van der Waals surface area contributed by atoms with Crippen molar-refractivity contribution < 1.29 is 23.9 Å². The van der Waals surface area contributed by atoms with E-state index in [1.807, 2.05) is 0 Å². The second-order valence-electron chi connectivity index (χ2n) is 4.97. The maximum Gasteiger partial charge on any atom is 0.322 e. The Labute approximate surface area is 137 Å². The van der Waals surface area contributed by atoms with Gasteiger partial charge in [-0.05, 0) is 29.8 Å². The Hall–Kier alpha value is -3.22. The van der Waals surface area contributed by atoms with E-state index in [-0.39, 0.29) is 12.0 Å². The van der Waals surface area contributed by atoms with Crippen molar-refractivity contribution >= 4 is 23.5 Å². The molecule has 0 saturated carbocycles. The van der Waals surface area contributed by atoms with Crippen LogP contribution in [0.15, 0.2) is 48.5 Å². The molecular weight excluding hydrogens is 315 g/mol. The lowest BCUT2D eigenvalue weighted by atomic mass is 10.1. The summed E-state index contributed by atoms with van der Waals surface area (Å²) in [6.07, 6.45) is -0.0904. The van der Waals surface area contributed by atoms with Crippen LogP contribution in [-0.2, 0) is 16.0 Å². The first kappa shape index (κ1) is 17.1. The maximum absolute atomic E-state index is 13.2. The van der Waals surface area contributed by atoms with E-state index in [2.05, 4.69) is 10.6 Å². The number of halogens is 1. The zero-order valence-corrected chi connectivity index (χ0v) is 12.6. The average molecular weight is 330 g/mol. The summed E-state index contributed by atoms with van der Waals surface area (Å²) < 4.78 is 13.2. The number of rotatable bonds is 6. The van der Waals surface area contributed by atoms with Gasteiger partial charge in [0.25, 0.3) is 5.91 Å². The fraction of sp³-hybridized carbons (Fsp3) is 0.118. The van der Waals surface area contributed by atoms with Crippen LogP contribution < -0.4 is 10.6 Å². The number of amides is 2. The van der Waals surface area contributed by atoms with Gasteiger partial charge in [-0.15, -0.1) is 0 Å². The first-order chi connectivity index (χ1) is 11.5. The third-order valence-corrected chi connectivity index (χ3v) is 3.14. The predicted molar refractivity (Wildman–Crippen MR) is 85.1 cm³/mol. The van der Waals surface area contributed by atoms with Crippen LogP contribution in [-0.4, -0.2) is 29.4 Å². The molecule has 0 bridgehead atoms. The van der Waals surface area contributed by atoms with Crippen LogP contribution in [0.4, 0.5) is 10.1 Å². The van der Waals surface area contributed by atoms with Crippen molar-refractivity contribution in [1.82, 2.24) is 5.32 Å². The van der Waals surface area contributed by atoms with Crippen LogP contribution in [0, 0.1) is 5.82 Å². The monoisotopic (exact) mass is 330 g/mol. The summed E-state index contributed by atoms with van der Waals surface area (Å²) in [6, 6.07) is 11.9. The molecule has 24 heavy (non-hydrogen) atoms. The van der Waals surface area contributed by atoms with Gasteiger partial charge in [0, 0.05) is 11.3 Å². The highest BCUT2D eigenvalue weighted by Gasteiger charge is 2.12. The molecule has 0 unspecified atom stereocenters. The number of hydrogen-bond acceptors (Lipinski definition) is 3. The van der Waals surface area contributed by atoms with Gasteiger partial charge in [0.2, 0.25) is 5.91 Å². The lowest BCUT2D eigenvalue weighted by molar-refractivity contribution is -0.137. The highest BCUT2D eigenvalue weighted by molar-refractivity contribution is 6.05. The first-order valence-corrected chi connectivity index (χ1v) is 7.09. The van der Waals surface area contributed by atoms with E-state index >= 15 is 0 Å². The van der Waals surface area contributed by atoms with Crippen LogP contribution in [0.25, 0.3) is 0 Å². The zero-order valence-electron chi connectivity index (χ0n) is 12.6. The molecule has 0 saturated heterocycles. The SMILES string of the molecule is O=C(O)CNC(=O)Cc1ccccc1NC(=O)c1cccc(F)c1. The van der Waals surface area contributed by atoms with E-state index in [0.717, 1.165) is 6.07 Å². The molecule has 0 aromatic heterocycles. The van der Waals surface area contributed by atoms with Gasteiger partial charge in [-0.2, -0.15) is 0 Å². The van der Waals surface area contributed by atoms with Gasteiger partial charge in [0.05, 0.1) is 6.42 Å². The summed E-state index contributed by atoms with van der Waals surface area (Å²) >= 11 is 0. The molecular formula is C17H15FN2O4. The van der Waals surface area contributed by atoms with Crippen LogP contribution in [0.5, 0.6) is 0 Å². The van der Waals surface area contributed by atoms with E-state index in [9.17, 15) is 18.8 Å². The largest absolute Gasteiger partial charge is 0.480 e.